The summed E-state index contributed by atoms with van der Waals surface area (Å²) in [6.45, 7) is 1.82. The van der Waals surface area contributed by atoms with Gasteiger partial charge in [0.1, 0.15) is 11.6 Å². The highest BCUT2D eigenvalue weighted by atomic mass is 32.1. The first-order valence-electron chi connectivity index (χ1n) is 4.59. The molecule has 1 unspecified atom stereocenters. The molecule has 1 fully saturated rings. The number of amides is 1. The Morgan fingerprint density at radius 3 is 3.07 bits per heavy atom. The molecule has 1 heterocycles. The van der Waals surface area contributed by atoms with Crippen molar-refractivity contribution < 1.29 is 4.79 Å². The van der Waals surface area contributed by atoms with Crippen molar-refractivity contribution in [2.75, 3.05) is 5.32 Å². The molecule has 0 bridgehead atoms. The van der Waals surface area contributed by atoms with E-state index in [1.54, 1.807) is 5.51 Å². The molecule has 1 aliphatic rings. The van der Waals surface area contributed by atoms with E-state index < -0.39 is 0 Å². The maximum Gasteiger partial charge on any atom is 0.242 e. The van der Waals surface area contributed by atoms with Crippen molar-refractivity contribution in [3.05, 3.63) is 5.51 Å². The summed E-state index contributed by atoms with van der Waals surface area (Å²) >= 11 is 1.39. The highest BCUT2D eigenvalue weighted by Gasteiger charge is 2.25. The predicted molar refractivity (Wildman–Crippen MR) is 54.2 cm³/mol. The molecule has 76 valence electrons. The van der Waals surface area contributed by atoms with Gasteiger partial charge in [0.25, 0.3) is 0 Å². The van der Waals surface area contributed by atoms with E-state index in [-0.39, 0.29) is 11.9 Å². The van der Waals surface area contributed by atoms with Gasteiger partial charge in [0.2, 0.25) is 11.0 Å². The third-order valence-corrected chi connectivity index (χ3v) is 2.64. The second kappa shape index (κ2) is 3.91. The first kappa shape index (κ1) is 9.39. The van der Waals surface area contributed by atoms with E-state index in [4.69, 9.17) is 0 Å². The third kappa shape index (κ3) is 2.41. The fourth-order valence-electron chi connectivity index (χ4n) is 1.04. The van der Waals surface area contributed by atoms with Gasteiger partial charge in [-0.05, 0) is 19.8 Å². The number of hydrogen-bond donors (Lipinski definition) is 2. The van der Waals surface area contributed by atoms with Crippen molar-refractivity contribution >= 4 is 22.4 Å². The summed E-state index contributed by atoms with van der Waals surface area (Å²) in [5.74, 6) is 0.0303. The average molecular weight is 212 g/mol. The summed E-state index contributed by atoms with van der Waals surface area (Å²) < 4.78 is 0. The fourth-order valence-corrected chi connectivity index (χ4v) is 1.57. The van der Waals surface area contributed by atoms with Gasteiger partial charge in [0.05, 0.1) is 0 Å². The lowest BCUT2D eigenvalue weighted by Gasteiger charge is -2.11. The lowest BCUT2D eigenvalue weighted by atomic mass is 10.3. The van der Waals surface area contributed by atoms with Crippen molar-refractivity contribution in [3.63, 3.8) is 0 Å². The lowest BCUT2D eigenvalue weighted by Crippen LogP contribution is -2.38. The second-order valence-electron chi connectivity index (χ2n) is 3.39. The van der Waals surface area contributed by atoms with E-state index in [0.717, 1.165) is 12.8 Å². The highest BCUT2D eigenvalue weighted by Crippen LogP contribution is 2.19. The maximum atomic E-state index is 11.5. The van der Waals surface area contributed by atoms with Gasteiger partial charge in [-0.2, -0.15) is 0 Å². The predicted octanol–water partition coefficient (Wildman–Crippen LogP) is 0.617. The second-order valence-corrected chi connectivity index (χ2v) is 4.23. The van der Waals surface area contributed by atoms with Crippen LogP contribution >= 0.6 is 11.3 Å². The Hall–Kier alpha value is -1.17. The summed E-state index contributed by atoms with van der Waals surface area (Å²) in [5.41, 5.74) is 1.63. The zero-order chi connectivity index (χ0) is 9.97. The fraction of sp³-hybridized carbons (Fsp3) is 0.625. The number of carbonyl (C=O) groups excluding carboxylic acids is 1. The van der Waals surface area contributed by atoms with Crippen LogP contribution in [0.1, 0.15) is 19.8 Å². The Labute approximate surface area is 85.9 Å². The molecule has 0 spiro atoms. The van der Waals surface area contributed by atoms with Crippen LogP contribution < -0.4 is 10.6 Å². The Morgan fingerprint density at radius 1 is 1.71 bits per heavy atom. The van der Waals surface area contributed by atoms with Crippen LogP contribution in [0.15, 0.2) is 5.51 Å². The SMILES string of the molecule is CC(Nc1nncs1)C(=O)NC1CC1. The number of nitrogens with zero attached hydrogens (tertiary/aromatic N) is 2. The lowest BCUT2D eigenvalue weighted by molar-refractivity contribution is -0.121. The molecule has 0 aromatic carbocycles. The first-order chi connectivity index (χ1) is 6.75. The standard InChI is InChI=1S/C8H12N4OS/c1-5(7(13)11-6-2-3-6)10-8-12-9-4-14-8/h4-6H,2-3H2,1H3,(H,10,12)(H,11,13). The number of rotatable bonds is 4. The van der Waals surface area contributed by atoms with Gasteiger partial charge in [0.15, 0.2) is 0 Å². The Balaban J connectivity index is 1.81. The molecule has 1 aromatic rings. The average Bonchev–Trinajstić information content (AvgIpc) is 2.81. The number of anilines is 1. The quantitative estimate of drug-likeness (QED) is 0.767. The smallest absolute Gasteiger partial charge is 0.242 e. The van der Waals surface area contributed by atoms with Crippen LogP contribution in [0.3, 0.4) is 0 Å². The van der Waals surface area contributed by atoms with Crippen molar-refractivity contribution in [3.8, 4) is 0 Å². The van der Waals surface area contributed by atoms with Crippen molar-refractivity contribution in [1.82, 2.24) is 15.5 Å². The van der Waals surface area contributed by atoms with Crippen LogP contribution in [0.2, 0.25) is 0 Å². The molecular formula is C8H12N4OS. The molecule has 1 saturated carbocycles. The van der Waals surface area contributed by atoms with E-state index in [0.29, 0.717) is 11.2 Å². The Kier molecular flexibility index (Phi) is 2.62. The first-order valence-corrected chi connectivity index (χ1v) is 5.47. The van der Waals surface area contributed by atoms with Crippen molar-refractivity contribution in [2.24, 2.45) is 0 Å². The number of aromatic nitrogens is 2. The minimum Gasteiger partial charge on any atom is -0.352 e. The molecule has 1 atom stereocenters. The molecule has 2 N–H and O–H groups in total. The molecule has 0 radical (unpaired) electrons. The molecule has 0 saturated heterocycles. The van der Waals surface area contributed by atoms with Gasteiger partial charge in [0, 0.05) is 6.04 Å². The molecule has 2 rings (SSSR count). The minimum atomic E-state index is -0.247. The van der Waals surface area contributed by atoms with Crippen LogP contribution in [0.5, 0.6) is 0 Å². The van der Waals surface area contributed by atoms with Gasteiger partial charge in [-0.1, -0.05) is 11.3 Å². The summed E-state index contributed by atoms with van der Waals surface area (Å²) in [5, 5.41) is 14.1. The molecule has 0 aliphatic heterocycles. The highest BCUT2D eigenvalue weighted by molar-refractivity contribution is 7.13. The topological polar surface area (TPSA) is 66.9 Å². The summed E-state index contributed by atoms with van der Waals surface area (Å²) in [6, 6.07) is 0.157. The Bertz CT molecular complexity index is 309. The van der Waals surface area contributed by atoms with Gasteiger partial charge < -0.3 is 10.6 Å². The van der Waals surface area contributed by atoms with Crippen LogP contribution in [0, 0.1) is 0 Å². The van der Waals surface area contributed by atoms with Crippen LogP contribution in [-0.2, 0) is 4.79 Å². The van der Waals surface area contributed by atoms with E-state index in [9.17, 15) is 4.79 Å². The Morgan fingerprint density at radius 2 is 2.50 bits per heavy atom. The van der Waals surface area contributed by atoms with Crippen molar-refractivity contribution in [2.45, 2.75) is 31.8 Å². The van der Waals surface area contributed by atoms with Gasteiger partial charge in [-0.15, -0.1) is 10.2 Å². The maximum absolute atomic E-state index is 11.5. The summed E-state index contributed by atoms with van der Waals surface area (Å²) in [4.78, 5) is 11.5. The molecule has 6 heteroatoms. The molecule has 1 amide bonds. The van der Waals surface area contributed by atoms with Crippen LogP contribution in [0.4, 0.5) is 5.13 Å². The van der Waals surface area contributed by atoms with Gasteiger partial charge >= 0.3 is 0 Å². The van der Waals surface area contributed by atoms with Gasteiger partial charge in [-0.25, -0.2) is 0 Å². The van der Waals surface area contributed by atoms with Gasteiger partial charge in [-0.3, -0.25) is 4.79 Å². The zero-order valence-corrected chi connectivity index (χ0v) is 8.67. The van der Waals surface area contributed by atoms with Crippen LogP contribution in [0.25, 0.3) is 0 Å². The normalized spacial score (nSPS) is 17.5. The van der Waals surface area contributed by atoms with E-state index in [2.05, 4.69) is 20.8 Å². The number of hydrogen-bond acceptors (Lipinski definition) is 5. The van der Waals surface area contributed by atoms with Crippen molar-refractivity contribution in [1.29, 1.82) is 0 Å². The number of carbonyl (C=O) groups is 1. The molecule has 14 heavy (non-hydrogen) atoms. The molecular weight excluding hydrogens is 200 g/mol. The summed E-state index contributed by atoms with van der Waals surface area (Å²) in [7, 11) is 0. The van der Waals surface area contributed by atoms with Crippen LogP contribution in [-0.4, -0.2) is 28.2 Å². The largest absolute Gasteiger partial charge is 0.352 e. The molecule has 1 aromatic heterocycles. The zero-order valence-electron chi connectivity index (χ0n) is 7.86. The monoisotopic (exact) mass is 212 g/mol. The van der Waals surface area contributed by atoms with E-state index in [1.165, 1.54) is 11.3 Å². The third-order valence-electron chi connectivity index (χ3n) is 2.02. The van der Waals surface area contributed by atoms with E-state index in [1.807, 2.05) is 6.92 Å². The minimum absolute atomic E-state index is 0.0303. The summed E-state index contributed by atoms with van der Waals surface area (Å²) in [6.07, 6.45) is 2.22. The van der Waals surface area contributed by atoms with E-state index >= 15 is 0 Å². The molecule has 1 aliphatic carbocycles. The number of nitrogens with one attached hydrogen (secondary N) is 2. The molecule has 5 nitrogen and oxygen atoms in total.